The van der Waals surface area contributed by atoms with E-state index in [1.165, 1.54) is 4.31 Å². The fraction of sp³-hybridized carbons (Fsp3) is 0.588. The molecule has 8 heteroatoms. The molecule has 140 valence electrons. The lowest BCUT2D eigenvalue weighted by Gasteiger charge is -2.30. The van der Waals surface area contributed by atoms with Crippen molar-refractivity contribution in [1.82, 2.24) is 4.31 Å². The van der Waals surface area contributed by atoms with Crippen LogP contribution in [0.3, 0.4) is 0 Å². The number of methoxy groups -OCH3 is 1. The number of amides is 1. The van der Waals surface area contributed by atoms with E-state index in [4.69, 9.17) is 9.47 Å². The fourth-order valence-electron chi connectivity index (χ4n) is 2.70. The quantitative estimate of drug-likeness (QED) is 0.704. The van der Waals surface area contributed by atoms with Gasteiger partial charge in [0, 0.05) is 31.8 Å². The molecule has 0 aliphatic carbocycles. The second kappa shape index (κ2) is 9.17. The van der Waals surface area contributed by atoms with Gasteiger partial charge in [-0.05, 0) is 44.0 Å². The van der Waals surface area contributed by atoms with Crippen molar-refractivity contribution in [3.63, 3.8) is 0 Å². The lowest BCUT2D eigenvalue weighted by Crippen LogP contribution is -2.42. The van der Waals surface area contributed by atoms with Crippen molar-refractivity contribution < 1.29 is 22.7 Å². The number of sulfonamides is 1. The van der Waals surface area contributed by atoms with E-state index in [0.717, 1.165) is 0 Å². The van der Waals surface area contributed by atoms with Crippen LogP contribution in [0.25, 0.3) is 0 Å². The lowest BCUT2D eigenvalue weighted by molar-refractivity contribution is -0.120. The third kappa shape index (κ3) is 5.69. The van der Waals surface area contributed by atoms with E-state index < -0.39 is 10.0 Å². The van der Waals surface area contributed by atoms with E-state index in [9.17, 15) is 13.2 Å². The largest absolute Gasteiger partial charge is 0.491 e. The molecule has 7 nitrogen and oxygen atoms in total. The Morgan fingerprint density at radius 3 is 2.40 bits per heavy atom. The van der Waals surface area contributed by atoms with E-state index in [0.29, 0.717) is 50.6 Å². The molecule has 0 spiro atoms. The Morgan fingerprint density at radius 1 is 1.20 bits per heavy atom. The zero-order chi connectivity index (χ0) is 18.3. The Bertz CT molecular complexity index is 652. The van der Waals surface area contributed by atoms with Gasteiger partial charge in [-0.25, -0.2) is 12.7 Å². The zero-order valence-corrected chi connectivity index (χ0v) is 15.5. The Balaban J connectivity index is 1.82. The van der Waals surface area contributed by atoms with Crippen molar-refractivity contribution in [3.8, 4) is 5.75 Å². The highest BCUT2D eigenvalue weighted by Gasteiger charge is 2.30. The van der Waals surface area contributed by atoms with Crippen molar-refractivity contribution in [2.45, 2.75) is 19.8 Å². The van der Waals surface area contributed by atoms with E-state index >= 15 is 0 Å². The summed E-state index contributed by atoms with van der Waals surface area (Å²) in [7, 11) is -1.55. The Kier molecular flexibility index (Phi) is 7.22. The van der Waals surface area contributed by atoms with Crippen LogP contribution in [0.15, 0.2) is 24.3 Å². The minimum Gasteiger partial charge on any atom is -0.491 e. The number of hydrogen-bond acceptors (Lipinski definition) is 5. The standard InChI is InChI=1S/C17H26N2O5S/c1-3-25(21,22)19-10-8-14(9-11-19)17(20)18-15-4-6-16(7-5-15)24-13-12-23-2/h4-7,14H,3,8-13H2,1-2H3,(H,18,20). The normalized spacial score (nSPS) is 16.6. The summed E-state index contributed by atoms with van der Waals surface area (Å²) in [5.41, 5.74) is 0.702. The fourth-order valence-corrected chi connectivity index (χ4v) is 3.83. The molecule has 2 rings (SSSR count). The number of benzene rings is 1. The minimum atomic E-state index is -3.16. The molecule has 0 bridgehead atoms. The molecule has 0 aromatic heterocycles. The Morgan fingerprint density at radius 2 is 1.84 bits per heavy atom. The second-order valence-corrected chi connectivity index (χ2v) is 8.19. The summed E-state index contributed by atoms with van der Waals surface area (Å²) in [5.74, 6) is 0.582. The third-order valence-corrected chi connectivity index (χ3v) is 6.14. The van der Waals surface area contributed by atoms with Crippen LogP contribution in [-0.2, 0) is 19.6 Å². The Hall–Kier alpha value is -1.64. The molecule has 1 N–H and O–H groups in total. The average molecular weight is 370 g/mol. The SMILES string of the molecule is CCS(=O)(=O)N1CCC(C(=O)Nc2ccc(OCCOC)cc2)CC1. The van der Waals surface area contributed by atoms with Crippen LogP contribution in [0.2, 0.25) is 0 Å². The molecule has 1 fully saturated rings. The maximum Gasteiger partial charge on any atom is 0.227 e. The number of nitrogens with one attached hydrogen (secondary N) is 1. The van der Waals surface area contributed by atoms with Crippen molar-refractivity contribution >= 4 is 21.6 Å². The van der Waals surface area contributed by atoms with Crippen LogP contribution in [-0.4, -0.2) is 57.8 Å². The number of carbonyl (C=O) groups is 1. The first-order chi connectivity index (χ1) is 12.0. The predicted octanol–water partition coefficient (Wildman–Crippen LogP) is 1.71. The smallest absolute Gasteiger partial charge is 0.227 e. The lowest BCUT2D eigenvalue weighted by atomic mass is 9.97. The van der Waals surface area contributed by atoms with E-state index in [1.807, 2.05) is 0 Å². The molecule has 0 unspecified atom stereocenters. The van der Waals surface area contributed by atoms with Crippen LogP contribution < -0.4 is 10.1 Å². The van der Waals surface area contributed by atoms with Crippen LogP contribution in [0.1, 0.15) is 19.8 Å². The molecule has 1 heterocycles. The molecule has 1 amide bonds. The van der Waals surface area contributed by atoms with Gasteiger partial charge < -0.3 is 14.8 Å². The number of anilines is 1. The topological polar surface area (TPSA) is 84.9 Å². The van der Waals surface area contributed by atoms with Crippen LogP contribution in [0.4, 0.5) is 5.69 Å². The average Bonchev–Trinajstić information content (AvgIpc) is 2.63. The summed E-state index contributed by atoms with van der Waals surface area (Å²) in [6, 6.07) is 7.16. The maximum atomic E-state index is 12.4. The van der Waals surface area contributed by atoms with E-state index in [2.05, 4.69) is 5.32 Å². The molecule has 25 heavy (non-hydrogen) atoms. The summed E-state index contributed by atoms with van der Waals surface area (Å²) in [6.07, 6.45) is 1.09. The van der Waals surface area contributed by atoms with Gasteiger partial charge in [-0.3, -0.25) is 4.79 Å². The van der Waals surface area contributed by atoms with Gasteiger partial charge >= 0.3 is 0 Å². The molecule has 1 aliphatic heterocycles. The van der Waals surface area contributed by atoms with Gasteiger partial charge in [-0.1, -0.05) is 0 Å². The van der Waals surface area contributed by atoms with Gasteiger partial charge in [0.05, 0.1) is 12.4 Å². The van der Waals surface area contributed by atoms with Crippen LogP contribution in [0.5, 0.6) is 5.75 Å². The molecule has 0 radical (unpaired) electrons. The number of carbonyl (C=O) groups excluding carboxylic acids is 1. The molecule has 1 saturated heterocycles. The van der Waals surface area contributed by atoms with Crippen molar-refractivity contribution in [2.24, 2.45) is 5.92 Å². The number of nitrogens with zero attached hydrogens (tertiary/aromatic N) is 1. The van der Waals surface area contributed by atoms with Crippen molar-refractivity contribution in [2.75, 3.05) is 44.5 Å². The minimum absolute atomic E-state index is 0.0680. The number of piperidine rings is 1. The molecule has 0 saturated carbocycles. The first kappa shape index (κ1) is 19.7. The molecular weight excluding hydrogens is 344 g/mol. The van der Waals surface area contributed by atoms with Crippen LogP contribution >= 0.6 is 0 Å². The summed E-state index contributed by atoms with van der Waals surface area (Å²) in [4.78, 5) is 12.4. The third-order valence-electron chi connectivity index (χ3n) is 4.26. The highest BCUT2D eigenvalue weighted by atomic mass is 32.2. The summed E-state index contributed by atoms with van der Waals surface area (Å²) in [6.45, 7) is 3.43. The summed E-state index contributed by atoms with van der Waals surface area (Å²) >= 11 is 0. The van der Waals surface area contributed by atoms with Crippen molar-refractivity contribution in [1.29, 1.82) is 0 Å². The first-order valence-electron chi connectivity index (χ1n) is 8.46. The summed E-state index contributed by atoms with van der Waals surface area (Å²) < 4.78 is 35.6. The molecule has 1 aromatic rings. The second-order valence-electron chi connectivity index (χ2n) is 5.93. The number of rotatable bonds is 8. The van der Waals surface area contributed by atoms with Gasteiger partial charge in [-0.2, -0.15) is 0 Å². The molecule has 0 atom stereocenters. The first-order valence-corrected chi connectivity index (χ1v) is 10.1. The maximum absolute atomic E-state index is 12.4. The van der Waals surface area contributed by atoms with Gasteiger partial charge in [0.2, 0.25) is 15.9 Å². The van der Waals surface area contributed by atoms with Gasteiger partial charge in [-0.15, -0.1) is 0 Å². The molecule has 1 aromatic carbocycles. The molecular formula is C17H26N2O5S. The van der Waals surface area contributed by atoms with Crippen molar-refractivity contribution in [3.05, 3.63) is 24.3 Å². The summed E-state index contributed by atoms with van der Waals surface area (Å²) in [5, 5.41) is 2.89. The highest BCUT2D eigenvalue weighted by molar-refractivity contribution is 7.89. The van der Waals surface area contributed by atoms with Crippen LogP contribution in [0, 0.1) is 5.92 Å². The highest BCUT2D eigenvalue weighted by Crippen LogP contribution is 2.22. The van der Waals surface area contributed by atoms with E-state index in [-0.39, 0.29) is 17.6 Å². The number of hydrogen-bond donors (Lipinski definition) is 1. The zero-order valence-electron chi connectivity index (χ0n) is 14.7. The Labute approximate surface area is 149 Å². The van der Waals surface area contributed by atoms with Gasteiger partial charge in [0.15, 0.2) is 0 Å². The van der Waals surface area contributed by atoms with Gasteiger partial charge in [0.25, 0.3) is 0 Å². The predicted molar refractivity (Wildman–Crippen MR) is 96.2 cm³/mol. The van der Waals surface area contributed by atoms with E-state index in [1.54, 1.807) is 38.3 Å². The molecule has 1 aliphatic rings. The monoisotopic (exact) mass is 370 g/mol. The number of ether oxygens (including phenoxy) is 2. The van der Waals surface area contributed by atoms with Gasteiger partial charge in [0.1, 0.15) is 12.4 Å².